The number of halogens is 1. The predicted octanol–water partition coefficient (Wildman–Crippen LogP) is 2.58. The largest absolute Gasteiger partial charge is 0.479 e. The van der Waals surface area contributed by atoms with E-state index in [0.29, 0.717) is 17.4 Å². The van der Waals surface area contributed by atoms with Crippen LogP contribution in [0.2, 0.25) is 5.02 Å². The van der Waals surface area contributed by atoms with E-state index in [9.17, 15) is 4.79 Å². The monoisotopic (exact) mass is 310 g/mol. The van der Waals surface area contributed by atoms with Gasteiger partial charge in [0.2, 0.25) is 0 Å². The number of anilines is 1. The molecule has 6 heteroatoms. The Labute approximate surface area is 128 Å². The maximum Gasteiger partial charge on any atom is 0.332 e. The van der Waals surface area contributed by atoms with Crippen LogP contribution in [0.5, 0.6) is 0 Å². The van der Waals surface area contributed by atoms with Gasteiger partial charge in [0, 0.05) is 25.5 Å². The number of rotatable bonds is 3. The molecule has 3 heterocycles. The molecule has 21 heavy (non-hydrogen) atoms. The first-order valence-corrected chi connectivity index (χ1v) is 7.75. The molecule has 0 amide bonds. The van der Waals surface area contributed by atoms with Crippen LogP contribution in [0.1, 0.15) is 25.7 Å². The van der Waals surface area contributed by atoms with Crippen molar-refractivity contribution >= 4 is 23.3 Å². The van der Waals surface area contributed by atoms with Gasteiger partial charge in [0.05, 0.1) is 16.8 Å². The Kier molecular flexibility index (Phi) is 4.31. The van der Waals surface area contributed by atoms with Crippen LogP contribution in [0, 0.1) is 5.92 Å². The number of aliphatic carboxylic acids is 1. The van der Waals surface area contributed by atoms with Gasteiger partial charge in [-0.1, -0.05) is 11.6 Å². The van der Waals surface area contributed by atoms with Crippen molar-refractivity contribution in [3.8, 4) is 0 Å². The van der Waals surface area contributed by atoms with E-state index in [1.807, 2.05) is 6.07 Å². The van der Waals surface area contributed by atoms with E-state index in [1.165, 1.54) is 0 Å². The summed E-state index contributed by atoms with van der Waals surface area (Å²) in [6.45, 7) is 1.85. The van der Waals surface area contributed by atoms with E-state index in [1.54, 1.807) is 12.4 Å². The average molecular weight is 311 g/mol. The highest BCUT2D eigenvalue weighted by molar-refractivity contribution is 6.33. The van der Waals surface area contributed by atoms with E-state index >= 15 is 0 Å². The topological polar surface area (TPSA) is 62.7 Å². The molecule has 2 atom stereocenters. The van der Waals surface area contributed by atoms with Gasteiger partial charge in [-0.05, 0) is 37.7 Å². The van der Waals surface area contributed by atoms with Crippen molar-refractivity contribution in [2.24, 2.45) is 5.92 Å². The highest BCUT2D eigenvalue weighted by Crippen LogP contribution is 2.34. The number of carbonyl (C=O) groups is 1. The lowest BCUT2D eigenvalue weighted by Crippen LogP contribution is -2.38. The number of ether oxygens (including phenoxy) is 1. The molecule has 2 saturated heterocycles. The number of pyridine rings is 1. The zero-order valence-electron chi connectivity index (χ0n) is 11.7. The number of carboxylic acids is 1. The Balaban J connectivity index is 1.56. The Morgan fingerprint density at radius 1 is 1.33 bits per heavy atom. The number of hydrogen-bond donors (Lipinski definition) is 1. The van der Waals surface area contributed by atoms with Crippen molar-refractivity contribution in [2.75, 3.05) is 18.0 Å². The molecule has 3 rings (SSSR count). The van der Waals surface area contributed by atoms with Crippen molar-refractivity contribution in [2.45, 2.75) is 37.9 Å². The average Bonchev–Trinajstić information content (AvgIpc) is 2.98. The number of carboxylic acid groups (broad SMARTS) is 1. The summed E-state index contributed by atoms with van der Waals surface area (Å²) in [4.78, 5) is 17.2. The number of aromatic nitrogens is 1. The van der Waals surface area contributed by atoms with Gasteiger partial charge in [0.25, 0.3) is 0 Å². The minimum Gasteiger partial charge on any atom is -0.479 e. The second kappa shape index (κ2) is 6.20. The van der Waals surface area contributed by atoms with Crippen molar-refractivity contribution in [1.29, 1.82) is 0 Å². The van der Waals surface area contributed by atoms with Crippen LogP contribution in [-0.2, 0) is 9.53 Å². The van der Waals surface area contributed by atoms with Crippen LogP contribution in [0.15, 0.2) is 18.5 Å². The standard InChI is InChI=1S/C15H19ClN2O3/c16-11-9-17-6-3-12(11)18-7-4-10(5-8-18)13-1-2-14(21-13)15(19)20/h3,6,9-10,13-14H,1-2,4-5,7-8H2,(H,19,20)/t13-,14+/m0/s1. The smallest absolute Gasteiger partial charge is 0.332 e. The molecule has 0 aromatic carbocycles. The van der Waals surface area contributed by atoms with E-state index in [-0.39, 0.29) is 6.10 Å². The fourth-order valence-corrected chi connectivity index (χ4v) is 3.57. The molecule has 2 aliphatic rings. The van der Waals surface area contributed by atoms with Gasteiger partial charge in [-0.15, -0.1) is 0 Å². The zero-order valence-corrected chi connectivity index (χ0v) is 12.5. The molecule has 0 bridgehead atoms. The summed E-state index contributed by atoms with van der Waals surface area (Å²) >= 11 is 6.18. The molecule has 0 saturated carbocycles. The van der Waals surface area contributed by atoms with Gasteiger partial charge in [0.1, 0.15) is 0 Å². The molecule has 2 aliphatic heterocycles. The number of hydrogen-bond acceptors (Lipinski definition) is 4. The van der Waals surface area contributed by atoms with Crippen LogP contribution in [0.4, 0.5) is 5.69 Å². The maximum atomic E-state index is 11.0. The first-order chi connectivity index (χ1) is 10.1. The van der Waals surface area contributed by atoms with Gasteiger partial charge >= 0.3 is 5.97 Å². The van der Waals surface area contributed by atoms with E-state index < -0.39 is 12.1 Å². The lowest BCUT2D eigenvalue weighted by atomic mass is 9.89. The van der Waals surface area contributed by atoms with E-state index in [0.717, 1.165) is 38.0 Å². The Morgan fingerprint density at radius 3 is 2.71 bits per heavy atom. The summed E-state index contributed by atoms with van der Waals surface area (Å²) in [5.41, 5.74) is 1.03. The Bertz CT molecular complexity index is 517. The Morgan fingerprint density at radius 2 is 2.10 bits per heavy atom. The second-order valence-corrected chi connectivity index (χ2v) is 6.14. The molecule has 0 aliphatic carbocycles. The molecule has 0 radical (unpaired) electrons. The van der Waals surface area contributed by atoms with Gasteiger partial charge < -0.3 is 14.7 Å². The highest BCUT2D eigenvalue weighted by atomic mass is 35.5. The Hall–Kier alpha value is -1.33. The molecule has 1 N–H and O–H groups in total. The molecule has 5 nitrogen and oxygen atoms in total. The molecule has 1 aromatic rings. The molecule has 1 aromatic heterocycles. The molecular formula is C15H19ClN2O3. The molecule has 2 fully saturated rings. The fraction of sp³-hybridized carbons (Fsp3) is 0.600. The first kappa shape index (κ1) is 14.6. The third-order valence-corrected chi connectivity index (χ3v) is 4.78. The summed E-state index contributed by atoms with van der Waals surface area (Å²) in [6.07, 6.45) is 6.42. The van der Waals surface area contributed by atoms with Crippen LogP contribution in [-0.4, -0.2) is 41.4 Å². The van der Waals surface area contributed by atoms with Crippen molar-refractivity contribution in [1.82, 2.24) is 4.98 Å². The minimum absolute atomic E-state index is 0.0983. The van der Waals surface area contributed by atoms with E-state index in [2.05, 4.69) is 9.88 Å². The molecule has 114 valence electrons. The summed E-state index contributed by atoms with van der Waals surface area (Å²) in [6, 6.07) is 1.94. The van der Waals surface area contributed by atoms with Gasteiger partial charge in [-0.3, -0.25) is 4.98 Å². The summed E-state index contributed by atoms with van der Waals surface area (Å²) in [5, 5.41) is 9.68. The van der Waals surface area contributed by atoms with Gasteiger partial charge in [0.15, 0.2) is 6.10 Å². The van der Waals surface area contributed by atoms with Crippen molar-refractivity contribution < 1.29 is 14.6 Å². The van der Waals surface area contributed by atoms with Crippen LogP contribution in [0.25, 0.3) is 0 Å². The van der Waals surface area contributed by atoms with E-state index in [4.69, 9.17) is 21.4 Å². The zero-order chi connectivity index (χ0) is 14.8. The lowest BCUT2D eigenvalue weighted by molar-refractivity contribution is -0.150. The minimum atomic E-state index is -0.835. The van der Waals surface area contributed by atoms with Crippen LogP contribution >= 0.6 is 11.6 Å². The molecular weight excluding hydrogens is 292 g/mol. The highest BCUT2D eigenvalue weighted by Gasteiger charge is 2.36. The number of nitrogens with zero attached hydrogens (tertiary/aromatic N) is 2. The third kappa shape index (κ3) is 3.14. The van der Waals surface area contributed by atoms with Crippen molar-refractivity contribution in [3.05, 3.63) is 23.5 Å². The van der Waals surface area contributed by atoms with Crippen molar-refractivity contribution in [3.63, 3.8) is 0 Å². The summed E-state index contributed by atoms with van der Waals surface area (Å²) in [5.74, 6) is -0.385. The quantitative estimate of drug-likeness (QED) is 0.929. The normalized spacial score (nSPS) is 27.0. The SMILES string of the molecule is O=C(O)[C@H]1CC[C@@H](C2CCN(c3ccncc3Cl)CC2)O1. The maximum absolute atomic E-state index is 11.0. The number of piperidine rings is 1. The fourth-order valence-electron chi connectivity index (χ4n) is 3.33. The predicted molar refractivity (Wildman–Crippen MR) is 79.7 cm³/mol. The summed E-state index contributed by atoms with van der Waals surface area (Å²) in [7, 11) is 0. The molecule has 0 spiro atoms. The third-order valence-electron chi connectivity index (χ3n) is 4.49. The second-order valence-electron chi connectivity index (χ2n) is 5.73. The van der Waals surface area contributed by atoms with Crippen LogP contribution in [0.3, 0.4) is 0 Å². The first-order valence-electron chi connectivity index (χ1n) is 7.38. The lowest BCUT2D eigenvalue weighted by Gasteiger charge is -2.36. The van der Waals surface area contributed by atoms with Gasteiger partial charge in [-0.2, -0.15) is 0 Å². The van der Waals surface area contributed by atoms with Crippen LogP contribution < -0.4 is 4.90 Å². The van der Waals surface area contributed by atoms with Gasteiger partial charge in [-0.25, -0.2) is 4.79 Å². The summed E-state index contributed by atoms with van der Waals surface area (Å²) < 4.78 is 5.67. The molecule has 0 unspecified atom stereocenters.